The summed E-state index contributed by atoms with van der Waals surface area (Å²) in [6, 6.07) is 29.8. The molecule has 0 radical (unpaired) electrons. The predicted octanol–water partition coefficient (Wildman–Crippen LogP) is 4.93. The van der Waals surface area contributed by atoms with E-state index in [2.05, 4.69) is 5.32 Å². The highest BCUT2D eigenvalue weighted by Crippen LogP contribution is 2.28. The summed E-state index contributed by atoms with van der Waals surface area (Å²) in [4.78, 5) is 29.0. The minimum absolute atomic E-state index is 0.0224. The fraction of sp³-hybridized carbons (Fsp3) is 0.188. The molecular weight excluding hydrogens is 574 g/mol. The number of anilines is 1. The van der Waals surface area contributed by atoms with Crippen LogP contribution in [-0.4, -0.2) is 51.9 Å². The molecular formula is C32H32ClN3O5S. The summed E-state index contributed by atoms with van der Waals surface area (Å²) in [7, 11) is -1.21. The Morgan fingerprint density at radius 3 is 2.14 bits per heavy atom. The van der Waals surface area contributed by atoms with E-state index in [-0.39, 0.29) is 29.5 Å². The average molecular weight is 606 g/mol. The Balaban J connectivity index is 1.79. The molecule has 0 aliphatic rings. The lowest BCUT2D eigenvalue weighted by Gasteiger charge is -2.33. The molecule has 0 saturated heterocycles. The van der Waals surface area contributed by atoms with Gasteiger partial charge in [-0.2, -0.15) is 0 Å². The second-order valence-electron chi connectivity index (χ2n) is 9.50. The van der Waals surface area contributed by atoms with Crippen LogP contribution in [-0.2, 0) is 32.6 Å². The van der Waals surface area contributed by atoms with E-state index in [9.17, 15) is 18.0 Å². The molecule has 218 valence electrons. The second-order valence-corrected chi connectivity index (χ2v) is 11.8. The van der Waals surface area contributed by atoms with Gasteiger partial charge in [-0.1, -0.05) is 78.3 Å². The molecule has 0 saturated carbocycles. The number of halogens is 1. The van der Waals surface area contributed by atoms with E-state index in [1.165, 1.54) is 31.2 Å². The van der Waals surface area contributed by atoms with Crippen LogP contribution in [0.4, 0.5) is 5.69 Å². The number of nitrogens with one attached hydrogen (secondary N) is 1. The minimum Gasteiger partial charge on any atom is -0.497 e. The summed E-state index contributed by atoms with van der Waals surface area (Å²) in [6.45, 7) is -0.533. The van der Waals surface area contributed by atoms with E-state index in [1.807, 2.05) is 30.3 Å². The fourth-order valence-electron chi connectivity index (χ4n) is 4.57. The van der Waals surface area contributed by atoms with E-state index >= 15 is 0 Å². The largest absolute Gasteiger partial charge is 0.497 e. The molecule has 1 atom stereocenters. The highest BCUT2D eigenvalue weighted by molar-refractivity contribution is 7.92. The second kappa shape index (κ2) is 14.0. The van der Waals surface area contributed by atoms with Crippen molar-refractivity contribution in [3.63, 3.8) is 0 Å². The van der Waals surface area contributed by atoms with Crippen LogP contribution in [0.15, 0.2) is 114 Å². The summed E-state index contributed by atoms with van der Waals surface area (Å²) < 4.78 is 34.3. The molecule has 8 nitrogen and oxygen atoms in total. The van der Waals surface area contributed by atoms with Gasteiger partial charge < -0.3 is 15.0 Å². The SMILES string of the molecule is CNC(=O)[C@H](Cc1ccccc1)N(Cc1cccc(Cl)c1)C(=O)CN(c1cccc(OC)c1)S(=O)(=O)c1ccccc1. The Kier molecular flexibility index (Phi) is 10.2. The number of likely N-dealkylation sites (N-methyl/N-ethyl adjacent to an activating group) is 1. The summed E-state index contributed by atoms with van der Waals surface area (Å²) in [6.07, 6.45) is 0.220. The third-order valence-corrected chi connectivity index (χ3v) is 8.73. The van der Waals surface area contributed by atoms with Crippen LogP contribution >= 0.6 is 11.6 Å². The first kappa shape index (κ1) is 30.6. The van der Waals surface area contributed by atoms with Crippen molar-refractivity contribution in [1.82, 2.24) is 10.2 Å². The van der Waals surface area contributed by atoms with Gasteiger partial charge in [-0.15, -0.1) is 0 Å². The van der Waals surface area contributed by atoms with Gasteiger partial charge in [0.05, 0.1) is 17.7 Å². The number of sulfonamides is 1. The lowest BCUT2D eigenvalue weighted by molar-refractivity contribution is -0.139. The smallest absolute Gasteiger partial charge is 0.264 e. The number of methoxy groups -OCH3 is 1. The molecule has 2 amide bonds. The highest BCUT2D eigenvalue weighted by atomic mass is 35.5. The molecule has 10 heteroatoms. The van der Waals surface area contributed by atoms with Crippen molar-refractivity contribution in [3.8, 4) is 5.75 Å². The van der Waals surface area contributed by atoms with Crippen molar-refractivity contribution in [2.45, 2.75) is 23.9 Å². The van der Waals surface area contributed by atoms with Crippen LogP contribution in [0.2, 0.25) is 5.02 Å². The van der Waals surface area contributed by atoms with Gasteiger partial charge in [0.15, 0.2) is 0 Å². The van der Waals surface area contributed by atoms with Crippen LogP contribution < -0.4 is 14.4 Å². The lowest BCUT2D eigenvalue weighted by atomic mass is 10.0. The Bertz CT molecular complexity index is 1620. The zero-order valence-electron chi connectivity index (χ0n) is 23.3. The number of ether oxygens (including phenoxy) is 1. The molecule has 0 bridgehead atoms. The molecule has 0 fully saturated rings. The standard InChI is InChI=1S/C32H32ClN3O5S/c1-34-32(38)30(20-24-11-5-3-6-12-24)35(22-25-13-9-14-26(33)19-25)31(37)23-36(27-15-10-16-28(21-27)41-2)42(39,40)29-17-7-4-8-18-29/h3-19,21,30H,20,22-23H2,1-2H3,(H,34,38)/t30-/m0/s1. The topological polar surface area (TPSA) is 96.0 Å². The molecule has 4 aromatic rings. The van der Waals surface area contributed by atoms with Gasteiger partial charge in [0.2, 0.25) is 11.8 Å². The number of carbonyl (C=O) groups excluding carboxylic acids is 2. The van der Waals surface area contributed by atoms with Crippen molar-refractivity contribution in [1.29, 1.82) is 0 Å². The van der Waals surface area contributed by atoms with E-state index in [1.54, 1.807) is 66.7 Å². The summed E-state index contributed by atoms with van der Waals surface area (Å²) >= 11 is 6.25. The van der Waals surface area contributed by atoms with Gasteiger partial charge in [-0.3, -0.25) is 13.9 Å². The molecule has 0 aromatic heterocycles. The third-order valence-electron chi connectivity index (χ3n) is 6.71. The molecule has 4 aromatic carbocycles. The van der Waals surface area contributed by atoms with Gasteiger partial charge in [0.1, 0.15) is 18.3 Å². The van der Waals surface area contributed by atoms with Gasteiger partial charge in [0, 0.05) is 31.1 Å². The molecule has 4 rings (SSSR count). The third kappa shape index (κ3) is 7.48. The van der Waals surface area contributed by atoms with E-state index in [4.69, 9.17) is 16.3 Å². The molecule has 0 spiro atoms. The first-order valence-electron chi connectivity index (χ1n) is 13.2. The zero-order valence-corrected chi connectivity index (χ0v) is 24.9. The lowest BCUT2D eigenvalue weighted by Crippen LogP contribution is -2.53. The van der Waals surface area contributed by atoms with Gasteiger partial charge in [-0.25, -0.2) is 8.42 Å². The number of amides is 2. The maximum atomic E-state index is 14.3. The average Bonchev–Trinajstić information content (AvgIpc) is 3.02. The summed E-state index contributed by atoms with van der Waals surface area (Å²) in [5.41, 5.74) is 1.78. The quantitative estimate of drug-likeness (QED) is 0.247. The van der Waals surface area contributed by atoms with E-state index in [0.717, 1.165) is 9.87 Å². The highest BCUT2D eigenvalue weighted by Gasteiger charge is 2.34. The Morgan fingerprint density at radius 2 is 1.50 bits per heavy atom. The zero-order chi connectivity index (χ0) is 30.1. The van der Waals surface area contributed by atoms with Gasteiger partial charge in [-0.05, 0) is 47.5 Å². The van der Waals surface area contributed by atoms with Crippen molar-refractivity contribution in [3.05, 3.63) is 125 Å². The first-order chi connectivity index (χ1) is 20.2. The minimum atomic E-state index is -4.19. The fourth-order valence-corrected chi connectivity index (χ4v) is 6.21. The first-order valence-corrected chi connectivity index (χ1v) is 15.1. The molecule has 42 heavy (non-hydrogen) atoms. The van der Waals surface area contributed by atoms with Gasteiger partial charge >= 0.3 is 0 Å². The van der Waals surface area contributed by atoms with E-state index in [0.29, 0.717) is 16.3 Å². The van der Waals surface area contributed by atoms with Crippen molar-refractivity contribution in [2.24, 2.45) is 0 Å². The number of hydrogen-bond donors (Lipinski definition) is 1. The number of rotatable bonds is 12. The maximum Gasteiger partial charge on any atom is 0.264 e. The number of nitrogens with zero attached hydrogens (tertiary/aromatic N) is 2. The van der Waals surface area contributed by atoms with Crippen LogP contribution in [0.25, 0.3) is 0 Å². The van der Waals surface area contributed by atoms with Gasteiger partial charge in [0.25, 0.3) is 10.0 Å². The Hall–Kier alpha value is -4.34. The van der Waals surface area contributed by atoms with Crippen LogP contribution in [0.5, 0.6) is 5.75 Å². The monoisotopic (exact) mass is 605 g/mol. The molecule has 0 aliphatic heterocycles. The normalized spacial score (nSPS) is 11.8. The molecule has 0 aliphatic carbocycles. The van der Waals surface area contributed by atoms with Crippen LogP contribution in [0, 0.1) is 0 Å². The molecule has 0 unspecified atom stereocenters. The Labute approximate surface area is 251 Å². The summed E-state index contributed by atoms with van der Waals surface area (Å²) in [5, 5.41) is 3.14. The van der Waals surface area contributed by atoms with Crippen molar-refractivity contribution >= 4 is 39.1 Å². The van der Waals surface area contributed by atoms with E-state index < -0.39 is 28.5 Å². The number of benzene rings is 4. The van der Waals surface area contributed by atoms with Crippen LogP contribution in [0.3, 0.4) is 0 Å². The van der Waals surface area contributed by atoms with Crippen LogP contribution in [0.1, 0.15) is 11.1 Å². The Morgan fingerprint density at radius 1 is 0.857 bits per heavy atom. The predicted molar refractivity (Wildman–Crippen MR) is 164 cm³/mol. The number of hydrogen-bond acceptors (Lipinski definition) is 5. The molecule has 1 N–H and O–H groups in total. The van der Waals surface area contributed by atoms with Crippen molar-refractivity contribution < 1.29 is 22.7 Å². The maximum absolute atomic E-state index is 14.3. The van der Waals surface area contributed by atoms with Crippen molar-refractivity contribution in [2.75, 3.05) is 25.0 Å². The summed E-state index contributed by atoms with van der Waals surface area (Å²) in [5.74, 6) is -0.522. The number of carbonyl (C=O) groups is 2. The molecule has 0 heterocycles.